The van der Waals surface area contributed by atoms with Gasteiger partial charge in [0.2, 0.25) is 5.91 Å². The average molecular weight is 318 g/mol. The minimum atomic E-state index is -4.70. The Morgan fingerprint density at radius 1 is 1.18 bits per heavy atom. The minimum Gasteiger partial charge on any atom is -0.490 e. The standard InChI is InChI=1S/C14H17F3N2O3/c15-14(16,17)22-12-3-1-10(2-4-12)21-11-5-7-19(8-6-11)9-13(18)20/h1-4,11H,5-9H2,(H2,18,20). The first-order chi connectivity index (χ1) is 10.3. The summed E-state index contributed by atoms with van der Waals surface area (Å²) in [6.07, 6.45) is -3.27. The molecular weight excluding hydrogens is 301 g/mol. The predicted octanol–water partition coefficient (Wildman–Crippen LogP) is 1.91. The van der Waals surface area contributed by atoms with Crippen LogP contribution >= 0.6 is 0 Å². The van der Waals surface area contributed by atoms with E-state index in [1.165, 1.54) is 24.3 Å². The maximum Gasteiger partial charge on any atom is 0.573 e. The third-order valence-corrected chi connectivity index (χ3v) is 3.27. The number of rotatable bonds is 5. The number of carbonyl (C=O) groups is 1. The SMILES string of the molecule is NC(=O)CN1CCC(Oc2ccc(OC(F)(F)F)cc2)CC1. The zero-order chi connectivity index (χ0) is 16.2. The lowest BCUT2D eigenvalue weighted by molar-refractivity contribution is -0.274. The number of nitrogens with two attached hydrogens (primary N) is 1. The number of primary amides is 1. The number of carbonyl (C=O) groups excluding carboxylic acids is 1. The zero-order valence-electron chi connectivity index (χ0n) is 11.8. The number of hydrogen-bond acceptors (Lipinski definition) is 4. The number of hydrogen-bond donors (Lipinski definition) is 1. The van der Waals surface area contributed by atoms with E-state index >= 15 is 0 Å². The molecule has 5 nitrogen and oxygen atoms in total. The van der Waals surface area contributed by atoms with Gasteiger partial charge in [0.25, 0.3) is 0 Å². The van der Waals surface area contributed by atoms with Crippen molar-refractivity contribution in [2.75, 3.05) is 19.6 Å². The van der Waals surface area contributed by atoms with Crippen LogP contribution in [0.5, 0.6) is 11.5 Å². The Morgan fingerprint density at radius 3 is 2.23 bits per heavy atom. The Bertz CT molecular complexity index is 497. The second-order valence-electron chi connectivity index (χ2n) is 5.08. The summed E-state index contributed by atoms with van der Waals surface area (Å²) in [7, 11) is 0. The Kier molecular flexibility index (Phi) is 5.12. The fraction of sp³-hybridized carbons (Fsp3) is 0.500. The molecule has 2 rings (SSSR count). The van der Waals surface area contributed by atoms with Gasteiger partial charge in [-0.15, -0.1) is 13.2 Å². The number of amides is 1. The molecule has 2 N–H and O–H groups in total. The molecule has 1 aromatic carbocycles. The Labute approximate surface area is 125 Å². The van der Waals surface area contributed by atoms with Crippen LogP contribution in [-0.2, 0) is 4.79 Å². The average Bonchev–Trinajstić information content (AvgIpc) is 2.41. The van der Waals surface area contributed by atoms with E-state index in [9.17, 15) is 18.0 Å². The summed E-state index contributed by atoms with van der Waals surface area (Å²) in [4.78, 5) is 12.8. The second-order valence-corrected chi connectivity index (χ2v) is 5.08. The van der Waals surface area contributed by atoms with Gasteiger partial charge in [-0.3, -0.25) is 9.69 Å². The van der Waals surface area contributed by atoms with Gasteiger partial charge in [-0.05, 0) is 37.1 Å². The quantitative estimate of drug-likeness (QED) is 0.901. The number of likely N-dealkylation sites (tertiary alicyclic amines) is 1. The molecule has 8 heteroatoms. The van der Waals surface area contributed by atoms with Gasteiger partial charge < -0.3 is 15.2 Å². The maximum absolute atomic E-state index is 12.1. The normalized spacial score (nSPS) is 17.2. The van der Waals surface area contributed by atoms with Crippen LogP contribution in [0.1, 0.15) is 12.8 Å². The lowest BCUT2D eigenvalue weighted by atomic mass is 10.1. The molecule has 122 valence electrons. The highest BCUT2D eigenvalue weighted by Gasteiger charge is 2.31. The molecule has 1 heterocycles. The van der Waals surface area contributed by atoms with E-state index in [1.54, 1.807) is 0 Å². The number of nitrogens with zero attached hydrogens (tertiary/aromatic N) is 1. The molecule has 1 saturated heterocycles. The molecule has 0 unspecified atom stereocenters. The summed E-state index contributed by atoms with van der Waals surface area (Å²) in [5.74, 6) is -0.154. The Balaban J connectivity index is 1.81. The van der Waals surface area contributed by atoms with Crippen LogP contribution in [0.25, 0.3) is 0 Å². The van der Waals surface area contributed by atoms with Crippen molar-refractivity contribution in [3.8, 4) is 11.5 Å². The molecular formula is C14H17F3N2O3. The number of ether oxygens (including phenoxy) is 2. The highest BCUT2D eigenvalue weighted by molar-refractivity contribution is 5.75. The molecule has 0 atom stereocenters. The number of benzene rings is 1. The fourth-order valence-electron chi connectivity index (χ4n) is 2.32. The first-order valence-corrected chi connectivity index (χ1v) is 6.85. The van der Waals surface area contributed by atoms with Gasteiger partial charge in [0, 0.05) is 13.1 Å². The first kappa shape index (κ1) is 16.4. The molecule has 0 saturated carbocycles. The maximum atomic E-state index is 12.1. The van der Waals surface area contributed by atoms with Gasteiger partial charge >= 0.3 is 6.36 Å². The third kappa shape index (κ3) is 5.44. The lowest BCUT2D eigenvalue weighted by Crippen LogP contribution is -2.42. The molecule has 0 bridgehead atoms. The van der Waals surface area contributed by atoms with E-state index in [0.29, 0.717) is 18.8 Å². The van der Waals surface area contributed by atoms with Gasteiger partial charge in [-0.2, -0.15) is 0 Å². The molecule has 22 heavy (non-hydrogen) atoms. The molecule has 0 radical (unpaired) electrons. The smallest absolute Gasteiger partial charge is 0.490 e. The first-order valence-electron chi connectivity index (χ1n) is 6.85. The molecule has 1 aliphatic heterocycles. The molecule has 0 aromatic heterocycles. The van der Waals surface area contributed by atoms with Crippen molar-refractivity contribution in [3.05, 3.63) is 24.3 Å². The lowest BCUT2D eigenvalue weighted by Gasteiger charge is -2.31. The highest BCUT2D eigenvalue weighted by atomic mass is 19.4. The summed E-state index contributed by atoms with van der Waals surface area (Å²) in [6.45, 7) is 1.63. The van der Waals surface area contributed by atoms with E-state index in [4.69, 9.17) is 10.5 Å². The third-order valence-electron chi connectivity index (χ3n) is 3.27. The Morgan fingerprint density at radius 2 is 1.73 bits per heavy atom. The van der Waals surface area contributed by atoms with Crippen LogP contribution in [0.3, 0.4) is 0 Å². The van der Waals surface area contributed by atoms with Crippen LogP contribution in [0.4, 0.5) is 13.2 Å². The van der Waals surface area contributed by atoms with Gasteiger partial charge in [0.05, 0.1) is 6.54 Å². The van der Waals surface area contributed by atoms with Crippen molar-refractivity contribution < 1.29 is 27.4 Å². The highest BCUT2D eigenvalue weighted by Crippen LogP contribution is 2.26. The molecule has 1 fully saturated rings. The summed E-state index contributed by atoms with van der Waals surface area (Å²) in [5.41, 5.74) is 5.14. The van der Waals surface area contributed by atoms with Gasteiger partial charge in [-0.1, -0.05) is 0 Å². The van der Waals surface area contributed by atoms with Crippen LogP contribution in [0.15, 0.2) is 24.3 Å². The number of alkyl halides is 3. The van der Waals surface area contributed by atoms with E-state index in [-0.39, 0.29) is 24.3 Å². The fourth-order valence-corrected chi connectivity index (χ4v) is 2.32. The topological polar surface area (TPSA) is 64.8 Å². The van der Waals surface area contributed by atoms with E-state index in [0.717, 1.165) is 12.8 Å². The molecule has 1 aromatic rings. The summed E-state index contributed by atoms with van der Waals surface area (Å²) >= 11 is 0. The van der Waals surface area contributed by atoms with Crippen LogP contribution in [0.2, 0.25) is 0 Å². The van der Waals surface area contributed by atoms with Crippen molar-refractivity contribution in [3.63, 3.8) is 0 Å². The summed E-state index contributed by atoms with van der Waals surface area (Å²) < 4.78 is 45.7. The summed E-state index contributed by atoms with van der Waals surface area (Å²) in [6, 6.07) is 5.31. The van der Waals surface area contributed by atoms with E-state index in [1.807, 2.05) is 4.90 Å². The predicted molar refractivity (Wildman–Crippen MR) is 72.4 cm³/mol. The zero-order valence-corrected chi connectivity index (χ0v) is 11.8. The van der Waals surface area contributed by atoms with Gasteiger partial charge in [-0.25, -0.2) is 0 Å². The van der Waals surface area contributed by atoms with E-state index < -0.39 is 6.36 Å². The largest absolute Gasteiger partial charge is 0.573 e. The summed E-state index contributed by atoms with van der Waals surface area (Å²) in [5, 5.41) is 0. The van der Waals surface area contributed by atoms with E-state index in [2.05, 4.69) is 4.74 Å². The molecule has 1 aliphatic rings. The van der Waals surface area contributed by atoms with Crippen molar-refractivity contribution in [2.45, 2.75) is 25.3 Å². The van der Waals surface area contributed by atoms with Crippen LogP contribution in [-0.4, -0.2) is 42.9 Å². The minimum absolute atomic E-state index is 0.0292. The number of piperidine rings is 1. The Hall–Kier alpha value is -1.96. The molecule has 0 spiro atoms. The van der Waals surface area contributed by atoms with Crippen molar-refractivity contribution in [1.82, 2.24) is 4.90 Å². The van der Waals surface area contributed by atoms with Crippen LogP contribution < -0.4 is 15.2 Å². The molecule has 0 aliphatic carbocycles. The monoisotopic (exact) mass is 318 g/mol. The van der Waals surface area contributed by atoms with Crippen LogP contribution in [0, 0.1) is 0 Å². The van der Waals surface area contributed by atoms with Crippen molar-refractivity contribution in [2.24, 2.45) is 5.73 Å². The van der Waals surface area contributed by atoms with Gasteiger partial charge in [0.1, 0.15) is 17.6 Å². The van der Waals surface area contributed by atoms with Gasteiger partial charge in [0.15, 0.2) is 0 Å². The van der Waals surface area contributed by atoms with Crippen molar-refractivity contribution in [1.29, 1.82) is 0 Å². The second kappa shape index (κ2) is 6.87. The number of halogens is 3. The molecule has 1 amide bonds. The van der Waals surface area contributed by atoms with Crippen molar-refractivity contribution >= 4 is 5.91 Å².